The van der Waals surface area contributed by atoms with E-state index in [1.807, 2.05) is 29.6 Å². The maximum atomic E-state index is 12.2. The number of thiophene rings is 1. The highest BCUT2D eigenvalue weighted by Crippen LogP contribution is 2.40. The average molecular weight is 371 g/mol. The minimum atomic E-state index is -0.0255. The molecule has 1 fully saturated rings. The van der Waals surface area contributed by atoms with Crippen molar-refractivity contribution in [3.05, 3.63) is 53.2 Å². The van der Waals surface area contributed by atoms with Crippen LogP contribution >= 0.6 is 23.1 Å². The van der Waals surface area contributed by atoms with Crippen LogP contribution in [0.15, 0.2) is 46.3 Å². The molecule has 0 aliphatic heterocycles. The van der Waals surface area contributed by atoms with Crippen LogP contribution in [0.3, 0.4) is 0 Å². The standard InChI is InChI=1S/C18H17N3O2S2/c22-15(11-24-10-12-4-2-1-3-5-12)19-14-8-9-25-16(14)18-20-17(21-23-18)13-6-7-13/h1-5,8-9,13H,6-7,10-11H2,(H,19,22). The summed E-state index contributed by atoms with van der Waals surface area (Å²) in [5.41, 5.74) is 1.95. The Morgan fingerprint density at radius 1 is 1.28 bits per heavy atom. The van der Waals surface area contributed by atoms with E-state index in [1.165, 1.54) is 16.9 Å². The smallest absolute Gasteiger partial charge is 0.270 e. The van der Waals surface area contributed by atoms with Gasteiger partial charge in [0, 0.05) is 11.7 Å². The molecule has 2 aromatic heterocycles. The number of carbonyl (C=O) groups excluding carboxylic acids is 1. The quantitative estimate of drug-likeness (QED) is 0.660. The predicted octanol–water partition coefficient (Wildman–Crippen LogP) is 4.55. The van der Waals surface area contributed by atoms with Gasteiger partial charge in [-0.05, 0) is 29.9 Å². The van der Waals surface area contributed by atoms with Crippen molar-refractivity contribution in [3.63, 3.8) is 0 Å². The number of nitrogens with one attached hydrogen (secondary N) is 1. The van der Waals surface area contributed by atoms with Gasteiger partial charge in [-0.1, -0.05) is 35.5 Å². The van der Waals surface area contributed by atoms with E-state index in [0.717, 1.165) is 35.0 Å². The Labute approximate surface area is 153 Å². The molecule has 25 heavy (non-hydrogen) atoms. The van der Waals surface area contributed by atoms with Crippen LogP contribution in [0, 0.1) is 0 Å². The second-order valence-electron chi connectivity index (χ2n) is 5.92. The highest BCUT2D eigenvalue weighted by Gasteiger charge is 2.29. The van der Waals surface area contributed by atoms with Crippen molar-refractivity contribution in [2.45, 2.75) is 24.5 Å². The fraction of sp³-hybridized carbons (Fsp3) is 0.278. The van der Waals surface area contributed by atoms with Crippen LogP contribution in [-0.4, -0.2) is 21.8 Å². The first-order valence-corrected chi connectivity index (χ1v) is 10.2. The van der Waals surface area contributed by atoms with Crippen molar-refractivity contribution >= 4 is 34.7 Å². The highest BCUT2D eigenvalue weighted by molar-refractivity contribution is 7.99. The van der Waals surface area contributed by atoms with E-state index in [1.54, 1.807) is 11.8 Å². The third kappa shape index (κ3) is 4.11. The fourth-order valence-electron chi connectivity index (χ4n) is 2.43. The Balaban J connectivity index is 1.34. The number of nitrogens with zero attached hydrogens (tertiary/aromatic N) is 2. The summed E-state index contributed by atoms with van der Waals surface area (Å²) < 4.78 is 5.36. The summed E-state index contributed by atoms with van der Waals surface area (Å²) >= 11 is 3.09. The normalized spacial score (nSPS) is 13.8. The van der Waals surface area contributed by atoms with Crippen molar-refractivity contribution in [2.75, 3.05) is 11.1 Å². The van der Waals surface area contributed by atoms with Gasteiger partial charge < -0.3 is 9.84 Å². The molecule has 128 valence electrons. The Kier molecular flexibility index (Phi) is 4.85. The van der Waals surface area contributed by atoms with E-state index in [4.69, 9.17) is 4.52 Å². The van der Waals surface area contributed by atoms with E-state index in [9.17, 15) is 4.79 Å². The molecule has 7 heteroatoms. The lowest BCUT2D eigenvalue weighted by Crippen LogP contribution is -2.14. The summed E-state index contributed by atoms with van der Waals surface area (Å²) in [6, 6.07) is 12.0. The first-order chi connectivity index (χ1) is 12.3. The van der Waals surface area contributed by atoms with E-state index in [2.05, 4.69) is 27.6 Å². The molecule has 0 spiro atoms. The summed E-state index contributed by atoms with van der Waals surface area (Å²) in [4.78, 5) is 17.5. The van der Waals surface area contributed by atoms with Crippen LogP contribution in [0.4, 0.5) is 5.69 Å². The molecule has 0 unspecified atom stereocenters. The molecular weight excluding hydrogens is 354 g/mol. The molecule has 1 amide bonds. The molecule has 0 radical (unpaired) electrons. The van der Waals surface area contributed by atoms with Gasteiger partial charge in [0.05, 0.1) is 11.4 Å². The van der Waals surface area contributed by atoms with Crippen LogP contribution in [0.2, 0.25) is 0 Å². The second-order valence-corrected chi connectivity index (χ2v) is 7.82. The SMILES string of the molecule is O=C(CSCc1ccccc1)Nc1ccsc1-c1nc(C2CC2)no1. The van der Waals surface area contributed by atoms with Crippen LogP contribution in [-0.2, 0) is 10.5 Å². The fourth-order valence-corrected chi connectivity index (χ4v) is 3.99. The Morgan fingerprint density at radius 3 is 2.92 bits per heavy atom. The van der Waals surface area contributed by atoms with E-state index >= 15 is 0 Å². The van der Waals surface area contributed by atoms with Gasteiger partial charge in [0.25, 0.3) is 5.89 Å². The second kappa shape index (κ2) is 7.41. The largest absolute Gasteiger partial charge is 0.333 e. The number of amides is 1. The number of benzene rings is 1. The monoisotopic (exact) mass is 371 g/mol. The average Bonchev–Trinajstić information content (AvgIpc) is 3.18. The van der Waals surface area contributed by atoms with Crippen molar-refractivity contribution in [2.24, 2.45) is 0 Å². The maximum absolute atomic E-state index is 12.2. The van der Waals surface area contributed by atoms with Gasteiger partial charge in [0.2, 0.25) is 5.91 Å². The summed E-state index contributed by atoms with van der Waals surface area (Å²) in [6.07, 6.45) is 2.26. The number of carbonyl (C=O) groups is 1. The highest BCUT2D eigenvalue weighted by atomic mass is 32.2. The molecule has 0 atom stereocenters. The van der Waals surface area contributed by atoms with Crippen LogP contribution < -0.4 is 5.32 Å². The molecule has 0 bridgehead atoms. The summed E-state index contributed by atoms with van der Waals surface area (Å²) in [5, 5.41) is 8.91. The zero-order chi connectivity index (χ0) is 17.1. The molecule has 0 saturated heterocycles. The van der Waals surface area contributed by atoms with Gasteiger partial charge in [-0.25, -0.2) is 0 Å². The first-order valence-electron chi connectivity index (χ1n) is 8.12. The summed E-state index contributed by atoms with van der Waals surface area (Å²) in [7, 11) is 0. The number of rotatable bonds is 7. The zero-order valence-electron chi connectivity index (χ0n) is 13.5. The van der Waals surface area contributed by atoms with Gasteiger partial charge in [-0.2, -0.15) is 4.98 Å². The van der Waals surface area contributed by atoms with Crippen LogP contribution in [0.25, 0.3) is 10.8 Å². The van der Waals surface area contributed by atoms with E-state index in [0.29, 0.717) is 17.6 Å². The Hall–Kier alpha value is -2.12. The van der Waals surface area contributed by atoms with Crippen molar-refractivity contribution < 1.29 is 9.32 Å². The van der Waals surface area contributed by atoms with Gasteiger partial charge >= 0.3 is 0 Å². The zero-order valence-corrected chi connectivity index (χ0v) is 15.1. The number of hydrogen-bond donors (Lipinski definition) is 1. The van der Waals surface area contributed by atoms with Gasteiger partial charge in [0.15, 0.2) is 5.82 Å². The number of anilines is 1. The van der Waals surface area contributed by atoms with E-state index < -0.39 is 0 Å². The minimum absolute atomic E-state index is 0.0255. The number of thioether (sulfide) groups is 1. The molecule has 1 aliphatic rings. The molecule has 3 aromatic rings. The summed E-state index contributed by atoms with van der Waals surface area (Å²) in [5.74, 6) is 2.91. The molecular formula is C18H17N3O2S2. The third-order valence-electron chi connectivity index (χ3n) is 3.86. The molecule has 1 saturated carbocycles. The van der Waals surface area contributed by atoms with Gasteiger partial charge in [-0.3, -0.25) is 4.79 Å². The third-order valence-corrected chi connectivity index (χ3v) is 5.77. The lowest BCUT2D eigenvalue weighted by molar-refractivity contribution is -0.113. The molecule has 1 aromatic carbocycles. The maximum Gasteiger partial charge on any atom is 0.270 e. The Morgan fingerprint density at radius 2 is 2.12 bits per heavy atom. The predicted molar refractivity (Wildman–Crippen MR) is 101 cm³/mol. The number of hydrogen-bond acceptors (Lipinski definition) is 6. The van der Waals surface area contributed by atoms with Crippen LogP contribution in [0.1, 0.15) is 30.1 Å². The van der Waals surface area contributed by atoms with Crippen molar-refractivity contribution in [1.29, 1.82) is 0 Å². The lowest BCUT2D eigenvalue weighted by atomic mass is 10.2. The van der Waals surface area contributed by atoms with Crippen molar-refractivity contribution in [1.82, 2.24) is 10.1 Å². The van der Waals surface area contributed by atoms with E-state index in [-0.39, 0.29) is 5.91 Å². The van der Waals surface area contributed by atoms with Crippen LogP contribution in [0.5, 0.6) is 0 Å². The van der Waals surface area contributed by atoms with Crippen molar-refractivity contribution in [3.8, 4) is 10.8 Å². The molecule has 2 heterocycles. The topological polar surface area (TPSA) is 68.0 Å². The van der Waals surface area contributed by atoms with Gasteiger partial charge in [-0.15, -0.1) is 23.1 Å². The molecule has 1 aliphatic carbocycles. The molecule has 1 N–H and O–H groups in total. The van der Waals surface area contributed by atoms with Gasteiger partial charge in [0.1, 0.15) is 4.88 Å². The summed E-state index contributed by atoms with van der Waals surface area (Å²) in [6.45, 7) is 0. The lowest BCUT2D eigenvalue weighted by Gasteiger charge is -2.05. The first kappa shape index (κ1) is 16.4. The Bertz CT molecular complexity index is 856. The molecule has 5 nitrogen and oxygen atoms in total. The molecule has 4 rings (SSSR count). The minimum Gasteiger partial charge on any atom is -0.333 e. The number of aromatic nitrogens is 2.